The topological polar surface area (TPSA) is 104 Å². The van der Waals surface area contributed by atoms with Gasteiger partial charge in [0.15, 0.2) is 6.17 Å². The number of aliphatic hydroxyl groups is 3. The molecule has 7 heteroatoms. The fourth-order valence-electron chi connectivity index (χ4n) is 3.86. The summed E-state index contributed by atoms with van der Waals surface area (Å²) in [5.74, 6) is -4.42. The van der Waals surface area contributed by atoms with Crippen molar-refractivity contribution in [3.05, 3.63) is 0 Å². The lowest BCUT2D eigenvalue weighted by molar-refractivity contribution is -0.167. The van der Waals surface area contributed by atoms with Crippen LogP contribution in [0.2, 0.25) is 0 Å². The summed E-state index contributed by atoms with van der Waals surface area (Å²) in [6.07, 6.45) is -6.33. The third-order valence-corrected chi connectivity index (χ3v) is 6.09. The van der Waals surface area contributed by atoms with Crippen LogP contribution < -0.4 is 0 Å². The van der Waals surface area contributed by atoms with Crippen molar-refractivity contribution in [2.24, 2.45) is 29.6 Å². The summed E-state index contributed by atoms with van der Waals surface area (Å²) in [5.41, 5.74) is 0. The van der Waals surface area contributed by atoms with Crippen molar-refractivity contribution < 1.29 is 34.0 Å². The maximum absolute atomic E-state index is 14.6. The molecule has 1 heterocycles. The average Bonchev–Trinajstić information content (AvgIpc) is 2.66. The Morgan fingerprint density at radius 1 is 0.963 bits per heavy atom. The molecule has 0 bridgehead atoms. The zero-order valence-electron chi connectivity index (χ0n) is 17.1. The van der Waals surface area contributed by atoms with Crippen molar-refractivity contribution in [3.8, 4) is 0 Å². The summed E-state index contributed by atoms with van der Waals surface area (Å²) in [5, 5.41) is 31.1. The summed E-state index contributed by atoms with van der Waals surface area (Å²) in [6.45, 7) is 9.76. The molecule has 0 aromatic carbocycles. The van der Waals surface area contributed by atoms with Gasteiger partial charge in [-0.05, 0) is 25.7 Å². The second-order valence-electron chi connectivity index (χ2n) is 8.25. The minimum absolute atomic E-state index is 0.184. The smallest absolute Gasteiger partial charge is 0.311 e. The number of hydrogen-bond acceptors (Lipinski definition) is 6. The first-order valence-corrected chi connectivity index (χ1v) is 9.86. The number of esters is 1. The number of ketones is 1. The Kier molecular flexibility index (Phi) is 8.83. The standard InChI is InChI=1S/C20H35FO6/c1-7-14-11(4)18(24)12(5)16(22)9(2)8-10(3)17(23)15(21)19(25)13(6)20(26)27-14/h9-15,17-19,23-25H,7-8H2,1-6H3/t9-,10+,11+,12+,13-,14-,15?,17+,18+,19-/m1/s1. The van der Waals surface area contributed by atoms with E-state index in [-0.39, 0.29) is 12.2 Å². The van der Waals surface area contributed by atoms with Gasteiger partial charge in [-0.3, -0.25) is 9.59 Å². The average molecular weight is 390 g/mol. The highest BCUT2D eigenvalue weighted by molar-refractivity contribution is 5.83. The van der Waals surface area contributed by atoms with Crippen molar-refractivity contribution in [1.82, 2.24) is 0 Å². The van der Waals surface area contributed by atoms with Crippen LogP contribution in [0.25, 0.3) is 0 Å². The molecule has 1 saturated heterocycles. The molecule has 1 aliphatic heterocycles. The molecule has 1 rings (SSSR count). The maximum atomic E-state index is 14.6. The molecule has 0 spiro atoms. The molecule has 0 saturated carbocycles. The number of aliphatic hydroxyl groups excluding tert-OH is 3. The molecule has 6 nitrogen and oxygen atoms in total. The predicted octanol–water partition coefficient (Wildman–Crippen LogP) is 1.88. The molecule has 3 N–H and O–H groups in total. The van der Waals surface area contributed by atoms with Crippen molar-refractivity contribution in [1.29, 1.82) is 0 Å². The van der Waals surface area contributed by atoms with Gasteiger partial charge in [0.05, 0.1) is 18.1 Å². The third kappa shape index (κ3) is 5.48. The first-order chi connectivity index (χ1) is 12.4. The molecular formula is C20H35FO6. The van der Waals surface area contributed by atoms with Gasteiger partial charge in [0.25, 0.3) is 0 Å². The van der Waals surface area contributed by atoms with E-state index in [9.17, 15) is 29.3 Å². The molecule has 0 radical (unpaired) electrons. The van der Waals surface area contributed by atoms with Crippen molar-refractivity contribution in [2.45, 2.75) is 85.0 Å². The molecule has 27 heavy (non-hydrogen) atoms. The summed E-state index contributed by atoms with van der Waals surface area (Å²) >= 11 is 0. The van der Waals surface area contributed by atoms with E-state index in [1.54, 1.807) is 34.6 Å². The Hall–Kier alpha value is -1.05. The fraction of sp³-hybridized carbons (Fsp3) is 0.900. The number of alkyl halides is 1. The molecular weight excluding hydrogens is 355 g/mol. The Labute approximate surface area is 161 Å². The highest BCUT2D eigenvalue weighted by Gasteiger charge is 2.41. The fourth-order valence-corrected chi connectivity index (χ4v) is 3.86. The second-order valence-corrected chi connectivity index (χ2v) is 8.25. The number of cyclic esters (lactones) is 1. The van der Waals surface area contributed by atoms with Crippen LogP contribution in [0.15, 0.2) is 0 Å². The maximum Gasteiger partial charge on any atom is 0.311 e. The van der Waals surface area contributed by atoms with E-state index in [1.807, 2.05) is 0 Å². The van der Waals surface area contributed by atoms with Gasteiger partial charge in [0.1, 0.15) is 18.0 Å². The van der Waals surface area contributed by atoms with Gasteiger partial charge >= 0.3 is 5.97 Å². The Morgan fingerprint density at radius 3 is 2.04 bits per heavy atom. The normalized spacial score (nSPS) is 45.9. The summed E-state index contributed by atoms with van der Waals surface area (Å²) in [4.78, 5) is 25.1. The molecule has 10 atom stereocenters. The molecule has 0 aromatic rings. The SMILES string of the molecule is CC[C@H]1OC(=O)[C@H](C)[C@@H](O)C(F)[C@@H](O)[C@@H](C)C[C@@H](C)C(=O)[C@H](C)[C@@H](O)[C@H]1C. The number of carbonyl (C=O) groups is 2. The Bertz CT molecular complexity index is 513. The van der Waals surface area contributed by atoms with Crippen LogP contribution >= 0.6 is 0 Å². The van der Waals surface area contributed by atoms with Gasteiger partial charge in [0, 0.05) is 17.8 Å². The van der Waals surface area contributed by atoms with E-state index in [4.69, 9.17) is 4.74 Å². The van der Waals surface area contributed by atoms with E-state index >= 15 is 0 Å². The van der Waals surface area contributed by atoms with Gasteiger partial charge < -0.3 is 20.1 Å². The lowest BCUT2D eigenvalue weighted by Crippen LogP contribution is -2.47. The van der Waals surface area contributed by atoms with E-state index < -0.39 is 66.1 Å². The van der Waals surface area contributed by atoms with E-state index in [0.717, 1.165) is 0 Å². The highest BCUT2D eigenvalue weighted by atomic mass is 19.1. The van der Waals surface area contributed by atoms with Gasteiger partial charge in [0.2, 0.25) is 0 Å². The van der Waals surface area contributed by atoms with Gasteiger partial charge in [-0.25, -0.2) is 4.39 Å². The van der Waals surface area contributed by atoms with Crippen LogP contribution in [-0.4, -0.2) is 57.7 Å². The Morgan fingerprint density at radius 2 is 1.52 bits per heavy atom. The third-order valence-electron chi connectivity index (χ3n) is 6.09. The summed E-state index contributed by atoms with van der Waals surface area (Å²) < 4.78 is 20.0. The number of rotatable bonds is 1. The molecule has 158 valence electrons. The lowest BCUT2D eigenvalue weighted by Gasteiger charge is -2.34. The number of carbonyl (C=O) groups excluding carboxylic acids is 2. The van der Waals surface area contributed by atoms with E-state index in [0.29, 0.717) is 6.42 Å². The minimum atomic E-state index is -2.03. The minimum Gasteiger partial charge on any atom is -0.462 e. The van der Waals surface area contributed by atoms with Crippen LogP contribution in [0.1, 0.15) is 54.4 Å². The first-order valence-electron chi connectivity index (χ1n) is 9.86. The molecule has 0 aliphatic carbocycles. The van der Waals surface area contributed by atoms with E-state index in [1.165, 1.54) is 6.92 Å². The van der Waals surface area contributed by atoms with Crippen molar-refractivity contribution in [2.75, 3.05) is 0 Å². The highest BCUT2D eigenvalue weighted by Crippen LogP contribution is 2.30. The molecule has 1 aliphatic rings. The monoisotopic (exact) mass is 390 g/mol. The quantitative estimate of drug-likeness (QED) is 0.591. The molecule has 0 amide bonds. The van der Waals surface area contributed by atoms with Gasteiger partial charge in [-0.1, -0.05) is 34.6 Å². The van der Waals surface area contributed by atoms with Crippen LogP contribution in [0.3, 0.4) is 0 Å². The molecule has 1 fully saturated rings. The summed E-state index contributed by atoms with van der Waals surface area (Å²) in [6, 6.07) is 0. The number of ether oxygens (including phenoxy) is 1. The number of hydrogen-bond donors (Lipinski definition) is 3. The van der Waals surface area contributed by atoms with Crippen LogP contribution in [0.5, 0.6) is 0 Å². The largest absolute Gasteiger partial charge is 0.462 e. The van der Waals surface area contributed by atoms with Crippen LogP contribution in [0.4, 0.5) is 4.39 Å². The van der Waals surface area contributed by atoms with Crippen LogP contribution in [0, 0.1) is 29.6 Å². The van der Waals surface area contributed by atoms with E-state index in [2.05, 4.69) is 0 Å². The Balaban J connectivity index is 3.23. The number of halogens is 1. The van der Waals surface area contributed by atoms with Crippen LogP contribution in [-0.2, 0) is 14.3 Å². The van der Waals surface area contributed by atoms with Crippen molar-refractivity contribution >= 4 is 11.8 Å². The predicted molar refractivity (Wildman–Crippen MR) is 98.5 cm³/mol. The lowest BCUT2D eigenvalue weighted by atomic mass is 9.79. The first kappa shape index (κ1) is 24.0. The molecule has 0 aromatic heterocycles. The number of Topliss-reactive ketones (excluding diaryl/α,β-unsaturated/α-hetero) is 1. The second kappa shape index (κ2) is 9.94. The zero-order valence-corrected chi connectivity index (χ0v) is 17.1. The summed E-state index contributed by atoms with van der Waals surface area (Å²) in [7, 11) is 0. The molecule has 1 unspecified atom stereocenters. The zero-order chi connectivity index (χ0) is 21.0. The van der Waals surface area contributed by atoms with Crippen molar-refractivity contribution in [3.63, 3.8) is 0 Å². The van der Waals surface area contributed by atoms with Gasteiger partial charge in [-0.2, -0.15) is 0 Å². The van der Waals surface area contributed by atoms with Gasteiger partial charge in [-0.15, -0.1) is 0 Å².